The van der Waals surface area contributed by atoms with E-state index in [1.807, 2.05) is 13.0 Å². The summed E-state index contributed by atoms with van der Waals surface area (Å²) in [7, 11) is -3.12. The zero-order chi connectivity index (χ0) is 15.2. The predicted octanol–water partition coefficient (Wildman–Crippen LogP) is 2.40. The van der Waals surface area contributed by atoms with Gasteiger partial charge in [-0.3, -0.25) is 0 Å². The maximum Gasteiger partial charge on any atom is 0.211 e. The predicted molar refractivity (Wildman–Crippen MR) is 84.1 cm³/mol. The second-order valence-electron chi connectivity index (χ2n) is 4.34. The van der Waals surface area contributed by atoms with Crippen molar-refractivity contribution in [3.05, 3.63) is 28.2 Å². The molecule has 20 heavy (non-hydrogen) atoms. The van der Waals surface area contributed by atoms with Crippen LogP contribution in [0.25, 0.3) is 0 Å². The summed E-state index contributed by atoms with van der Waals surface area (Å²) >= 11 is 3.39. The van der Waals surface area contributed by atoms with Gasteiger partial charge in [0.15, 0.2) is 0 Å². The topological polar surface area (TPSA) is 73.2 Å². The van der Waals surface area contributed by atoms with Crippen LogP contribution >= 0.6 is 15.9 Å². The van der Waals surface area contributed by atoms with Crippen molar-refractivity contribution >= 4 is 31.6 Å². The Morgan fingerprint density at radius 1 is 1.45 bits per heavy atom. The third-order valence-corrected chi connectivity index (χ3v) is 4.85. The van der Waals surface area contributed by atoms with Crippen molar-refractivity contribution in [2.45, 2.75) is 13.3 Å². The SMILES string of the molecule is CCN(CCCNc1ccc(C#N)cc1Br)S(C)(=O)=O. The van der Waals surface area contributed by atoms with E-state index in [1.54, 1.807) is 12.1 Å². The van der Waals surface area contributed by atoms with Crippen LogP contribution in [0.5, 0.6) is 0 Å². The maximum atomic E-state index is 11.4. The molecule has 0 aliphatic heterocycles. The summed E-state index contributed by atoms with van der Waals surface area (Å²) in [5, 5.41) is 12.0. The first-order valence-corrected chi connectivity index (χ1v) is 8.91. The van der Waals surface area contributed by atoms with Crippen LogP contribution < -0.4 is 5.32 Å². The van der Waals surface area contributed by atoms with Gasteiger partial charge in [-0.15, -0.1) is 0 Å². The molecule has 7 heteroatoms. The summed E-state index contributed by atoms with van der Waals surface area (Å²) in [6.45, 7) is 3.47. The molecule has 1 N–H and O–H groups in total. The third-order valence-electron chi connectivity index (χ3n) is 2.82. The number of nitriles is 1. The quantitative estimate of drug-likeness (QED) is 0.758. The molecule has 0 bridgehead atoms. The molecule has 0 atom stereocenters. The summed E-state index contributed by atoms with van der Waals surface area (Å²) in [5.74, 6) is 0. The molecule has 0 fully saturated rings. The lowest BCUT2D eigenvalue weighted by atomic mass is 10.2. The Kier molecular flexibility index (Phi) is 6.46. The number of sulfonamides is 1. The molecular formula is C13H18BrN3O2S. The van der Waals surface area contributed by atoms with Gasteiger partial charge in [-0.2, -0.15) is 5.26 Å². The van der Waals surface area contributed by atoms with Crippen LogP contribution in [-0.4, -0.2) is 38.6 Å². The molecule has 0 radical (unpaired) electrons. The van der Waals surface area contributed by atoms with E-state index in [0.717, 1.165) is 10.2 Å². The summed E-state index contributed by atoms with van der Waals surface area (Å²) in [6, 6.07) is 7.39. The van der Waals surface area contributed by atoms with Crippen LogP contribution in [-0.2, 0) is 10.0 Å². The van der Waals surface area contributed by atoms with E-state index in [0.29, 0.717) is 31.6 Å². The number of hydrogen-bond donors (Lipinski definition) is 1. The second-order valence-corrected chi connectivity index (χ2v) is 7.18. The van der Waals surface area contributed by atoms with E-state index < -0.39 is 10.0 Å². The van der Waals surface area contributed by atoms with E-state index in [9.17, 15) is 8.42 Å². The largest absolute Gasteiger partial charge is 0.384 e. The Morgan fingerprint density at radius 2 is 2.15 bits per heavy atom. The lowest BCUT2D eigenvalue weighted by Gasteiger charge is -2.18. The normalized spacial score (nSPS) is 11.3. The van der Waals surface area contributed by atoms with Crippen molar-refractivity contribution in [2.24, 2.45) is 0 Å². The summed E-state index contributed by atoms with van der Waals surface area (Å²) < 4.78 is 25.1. The Labute approximate surface area is 128 Å². The molecule has 0 saturated heterocycles. The molecule has 0 aliphatic carbocycles. The number of rotatable bonds is 7. The number of benzene rings is 1. The van der Waals surface area contributed by atoms with Gasteiger partial charge < -0.3 is 5.32 Å². The summed E-state index contributed by atoms with van der Waals surface area (Å²) in [6.07, 6.45) is 1.94. The first-order valence-electron chi connectivity index (χ1n) is 6.27. The first-order chi connectivity index (χ1) is 9.38. The lowest BCUT2D eigenvalue weighted by molar-refractivity contribution is 0.429. The van der Waals surface area contributed by atoms with Crippen LogP contribution in [0.15, 0.2) is 22.7 Å². The number of nitrogens with one attached hydrogen (secondary N) is 1. The Morgan fingerprint density at radius 3 is 2.65 bits per heavy atom. The van der Waals surface area contributed by atoms with E-state index in [2.05, 4.69) is 27.3 Å². The van der Waals surface area contributed by atoms with E-state index in [1.165, 1.54) is 10.6 Å². The molecule has 1 aromatic rings. The standard InChI is InChI=1S/C13H18BrN3O2S/c1-3-17(20(2,18)19)8-4-7-16-13-6-5-11(10-15)9-12(13)14/h5-6,9,16H,3-4,7-8H2,1-2H3. The molecule has 110 valence electrons. The van der Waals surface area contributed by atoms with Gasteiger partial charge in [-0.1, -0.05) is 6.92 Å². The highest BCUT2D eigenvalue weighted by Gasteiger charge is 2.13. The zero-order valence-electron chi connectivity index (χ0n) is 11.6. The molecule has 0 aliphatic rings. The average molecular weight is 360 g/mol. The third kappa shape index (κ3) is 5.12. The molecule has 0 heterocycles. The van der Waals surface area contributed by atoms with Crippen molar-refractivity contribution in [3.8, 4) is 6.07 Å². The molecule has 0 unspecified atom stereocenters. The fraction of sp³-hybridized carbons (Fsp3) is 0.462. The lowest BCUT2D eigenvalue weighted by Crippen LogP contribution is -2.31. The van der Waals surface area contributed by atoms with Crippen LogP contribution in [0.2, 0.25) is 0 Å². The maximum absolute atomic E-state index is 11.4. The molecule has 0 saturated carbocycles. The van der Waals surface area contributed by atoms with Gasteiger partial charge in [0.2, 0.25) is 10.0 Å². The Bertz CT molecular complexity index is 596. The van der Waals surface area contributed by atoms with Crippen molar-refractivity contribution in [1.29, 1.82) is 5.26 Å². The van der Waals surface area contributed by atoms with Gasteiger partial charge in [0.05, 0.1) is 17.9 Å². The van der Waals surface area contributed by atoms with Gasteiger partial charge in [0.25, 0.3) is 0 Å². The van der Waals surface area contributed by atoms with Crippen molar-refractivity contribution < 1.29 is 8.42 Å². The molecular weight excluding hydrogens is 342 g/mol. The van der Waals surface area contributed by atoms with E-state index >= 15 is 0 Å². The molecule has 0 spiro atoms. The second kappa shape index (κ2) is 7.62. The highest BCUT2D eigenvalue weighted by Crippen LogP contribution is 2.23. The number of anilines is 1. The van der Waals surface area contributed by atoms with Gasteiger partial charge in [-0.05, 0) is 40.5 Å². The smallest absolute Gasteiger partial charge is 0.211 e. The number of hydrogen-bond acceptors (Lipinski definition) is 4. The minimum Gasteiger partial charge on any atom is -0.384 e. The highest BCUT2D eigenvalue weighted by atomic mass is 79.9. The zero-order valence-corrected chi connectivity index (χ0v) is 14.0. The average Bonchev–Trinajstić information content (AvgIpc) is 2.38. The molecule has 5 nitrogen and oxygen atoms in total. The summed E-state index contributed by atoms with van der Waals surface area (Å²) in [5.41, 5.74) is 1.49. The number of nitrogens with zero attached hydrogens (tertiary/aromatic N) is 2. The molecule has 1 aromatic carbocycles. The van der Waals surface area contributed by atoms with Crippen LogP contribution in [0, 0.1) is 11.3 Å². The number of halogens is 1. The minimum absolute atomic E-state index is 0.486. The van der Waals surface area contributed by atoms with Crippen molar-refractivity contribution in [3.63, 3.8) is 0 Å². The van der Waals surface area contributed by atoms with Crippen LogP contribution in [0.4, 0.5) is 5.69 Å². The van der Waals surface area contributed by atoms with Crippen molar-refractivity contribution in [1.82, 2.24) is 4.31 Å². The van der Waals surface area contributed by atoms with Gasteiger partial charge in [-0.25, -0.2) is 12.7 Å². The Hall–Kier alpha value is -1.10. The first kappa shape index (κ1) is 17.0. The molecule has 0 aromatic heterocycles. The summed E-state index contributed by atoms with van der Waals surface area (Å²) in [4.78, 5) is 0. The van der Waals surface area contributed by atoms with E-state index in [-0.39, 0.29) is 0 Å². The van der Waals surface area contributed by atoms with Gasteiger partial charge in [0, 0.05) is 29.8 Å². The minimum atomic E-state index is -3.12. The van der Waals surface area contributed by atoms with Crippen molar-refractivity contribution in [2.75, 3.05) is 31.2 Å². The van der Waals surface area contributed by atoms with Crippen LogP contribution in [0.3, 0.4) is 0 Å². The fourth-order valence-corrected chi connectivity index (χ4v) is 3.21. The monoisotopic (exact) mass is 359 g/mol. The molecule has 1 rings (SSSR count). The van der Waals surface area contributed by atoms with E-state index in [4.69, 9.17) is 5.26 Å². The highest BCUT2D eigenvalue weighted by molar-refractivity contribution is 9.10. The van der Waals surface area contributed by atoms with Crippen LogP contribution in [0.1, 0.15) is 18.9 Å². The van der Waals surface area contributed by atoms with Gasteiger partial charge >= 0.3 is 0 Å². The molecule has 0 amide bonds. The fourth-order valence-electron chi connectivity index (χ4n) is 1.76. The van der Waals surface area contributed by atoms with Gasteiger partial charge in [0.1, 0.15) is 0 Å². The Balaban J connectivity index is 2.48.